The van der Waals surface area contributed by atoms with Crippen LogP contribution in [0.2, 0.25) is 0 Å². The zero-order valence-electron chi connectivity index (χ0n) is 7.45. The molecule has 1 heterocycles. The fraction of sp³-hybridized carbons (Fsp3) is 0.444. The number of aromatic nitrogens is 2. The molecule has 0 unspecified atom stereocenters. The summed E-state index contributed by atoms with van der Waals surface area (Å²) in [5, 5.41) is 2.64. The van der Waals surface area contributed by atoms with E-state index in [1.165, 1.54) is 19.8 Å². The number of nitrogens with one attached hydrogen (secondary N) is 1. The Kier molecular flexibility index (Phi) is 1.96. The average Bonchev–Trinajstić information content (AvgIpc) is 2.85. The van der Waals surface area contributed by atoms with Gasteiger partial charge in [-0.25, -0.2) is 9.97 Å². The molecule has 1 amide bonds. The Morgan fingerprint density at radius 1 is 1.62 bits per heavy atom. The summed E-state index contributed by atoms with van der Waals surface area (Å²) in [6, 6.07) is 1.70. The van der Waals surface area contributed by atoms with Crippen molar-refractivity contribution in [1.82, 2.24) is 9.97 Å². The first-order valence-electron chi connectivity index (χ1n) is 4.36. The average molecular weight is 177 g/mol. The van der Waals surface area contributed by atoms with Crippen molar-refractivity contribution in [2.45, 2.75) is 25.7 Å². The van der Waals surface area contributed by atoms with E-state index < -0.39 is 0 Å². The van der Waals surface area contributed by atoms with Crippen LogP contribution < -0.4 is 5.32 Å². The molecule has 1 saturated carbocycles. The molecule has 1 aliphatic carbocycles. The van der Waals surface area contributed by atoms with Crippen molar-refractivity contribution in [1.29, 1.82) is 0 Å². The lowest BCUT2D eigenvalue weighted by Crippen LogP contribution is -2.08. The molecular formula is C9H11N3O. The van der Waals surface area contributed by atoms with Crippen molar-refractivity contribution in [3.8, 4) is 0 Å². The SMILES string of the molecule is CC(=O)Nc1ccnc(C2CC2)n1. The van der Waals surface area contributed by atoms with Crippen LogP contribution in [-0.2, 0) is 4.79 Å². The smallest absolute Gasteiger partial charge is 0.222 e. The van der Waals surface area contributed by atoms with Crippen LogP contribution in [0.15, 0.2) is 12.3 Å². The Hall–Kier alpha value is -1.45. The molecule has 1 aromatic heterocycles. The highest BCUT2D eigenvalue weighted by atomic mass is 16.1. The summed E-state index contributed by atoms with van der Waals surface area (Å²) in [6.07, 6.45) is 4.03. The summed E-state index contributed by atoms with van der Waals surface area (Å²) in [7, 11) is 0. The van der Waals surface area contributed by atoms with E-state index in [0.29, 0.717) is 11.7 Å². The van der Waals surface area contributed by atoms with Crippen LogP contribution in [0.1, 0.15) is 31.5 Å². The Morgan fingerprint density at radius 2 is 2.38 bits per heavy atom. The Bertz CT molecular complexity index is 333. The summed E-state index contributed by atoms with van der Waals surface area (Å²) in [6.45, 7) is 1.47. The van der Waals surface area contributed by atoms with E-state index in [1.54, 1.807) is 12.3 Å². The van der Waals surface area contributed by atoms with Gasteiger partial charge in [0.2, 0.25) is 5.91 Å². The van der Waals surface area contributed by atoms with Gasteiger partial charge in [0.1, 0.15) is 11.6 Å². The first-order chi connectivity index (χ1) is 6.25. The highest BCUT2D eigenvalue weighted by Gasteiger charge is 2.26. The van der Waals surface area contributed by atoms with Gasteiger partial charge in [0, 0.05) is 19.0 Å². The first kappa shape index (κ1) is 8.16. The van der Waals surface area contributed by atoms with E-state index in [1.807, 2.05) is 0 Å². The standard InChI is InChI=1S/C9H11N3O/c1-6(13)11-8-4-5-10-9(12-8)7-2-3-7/h4-5,7H,2-3H2,1H3,(H,10,11,12,13). The van der Waals surface area contributed by atoms with Crippen molar-refractivity contribution in [3.63, 3.8) is 0 Å². The van der Waals surface area contributed by atoms with Gasteiger partial charge in [-0.15, -0.1) is 0 Å². The number of rotatable bonds is 2. The summed E-state index contributed by atoms with van der Waals surface area (Å²) in [5.74, 6) is 1.88. The monoisotopic (exact) mass is 177 g/mol. The van der Waals surface area contributed by atoms with E-state index in [2.05, 4.69) is 15.3 Å². The molecule has 0 aliphatic heterocycles. The van der Waals surface area contributed by atoms with E-state index in [-0.39, 0.29) is 5.91 Å². The summed E-state index contributed by atoms with van der Waals surface area (Å²) in [5.41, 5.74) is 0. The third-order valence-electron chi connectivity index (χ3n) is 1.92. The molecule has 0 atom stereocenters. The van der Waals surface area contributed by atoms with Crippen LogP contribution >= 0.6 is 0 Å². The molecule has 1 aliphatic rings. The maximum Gasteiger partial charge on any atom is 0.222 e. The minimum absolute atomic E-state index is 0.0968. The van der Waals surface area contributed by atoms with Gasteiger partial charge in [0.15, 0.2) is 0 Å². The molecule has 0 radical (unpaired) electrons. The molecule has 2 rings (SSSR count). The molecule has 0 spiro atoms. The number of anilines is 1. The Balaban J connectivity index is 2.16. The molecule has 1 N–H and O–H groups in total. The maximum absolute atomic E-state index is 10.7. The van der Waals surface area contributed by atoms with Crippen LogP contribution in [0.25, 0.3) is 0 Å². The number of hydrogen-bond donors (Lipinski definition) is 1. The van der Waals surface area contributed by atoms with Crippen LogP contribution in [0.3, 0.4) is 0 Å². The quantitative estimate of drug-likeness (QED) is 0.741. The van der Waals surface area contributed by atoms with Gasteiger partial charge >= 0.3 is 0 Å². The molecule has 1 aromatic rings. The molecule has 13 heavy (non-hydrogen) atoms. The second-order valence-corrected chi connectivity index (χ2v) is 3.26. The molecule has 0 saturated heterocycles. The van der Waals surface area contributed by atoms with Crippen molar-refractivity contribution < 1.29 is 4.79 Å². The van der Waals surface area contributed by atoms with E-state index in [0.717, 1.165) is 5.82 Å². The highest BCUT2D eigenvalue weighted by molar-refractivity contribution is 5.87. The molecule has 1 fully saturated rings. The van der Waals surface area contributed by atoms with Gasteiger partial charge in [0.25, 0.3) is 0 Å². The van der Waals surface area contributed by atoms with Gasteiger partial charge in [-0.2, -0.15) is 0 Å². The van der Waals surface area contributed by atoms with Crippen molar-refractivity contribution in [2.24, 2.45) is 0 Å². The van der Waals surface area contributed by atoms with Gasteiger partial charge in [-0.3, -0.25) is 4.79 Å². The van der Waals surface area contributed by atoms with Gasteiger partial charge < -0.3 is 5.32 Å². The van der Waals surface area contributed by atoms with Crippen LogP contribution in [0.4, 0.5) is 5.82 Å². The second-order valence-electron chi connectivity index (χ2n) is 3.26. The minimum Gasteiger partial charge on any atom is -0.311 e. The predicted molar refractivity (Wildman–Crippen MR) is 48.3 cm³/mol. The lowest BCUT2D eigenvalue weighted by molar-refractivity contribution is -0.114. The summed E-state index contributed by atoms with van der Waals surface area (Å²) >= 11 is 0. The zero-order chi connectivity index (χ0) is 9.26. The zero-order valence-corrected chi connectivity index (χ0v) is 7.45. The number of nitrogens with zero attached hydrogens (tertiary/aromatic N) is 2. The molecular weight excluding hydrogens is 166 g/mol. The topological polar surface area (TPSA) is 54.9 Å². The van der Waals surface area contributed by atoms with E-state index in [4.69, 9.17) is 0 Å². The third-order valence-corrected chi connectivity index (χ3v) is 1.92. The van der Waals surface area contributed by atoms with E-state index >= 15 is 0 Å². The normalized spacial score (nSPS) is 15.5. The number of amides is 1. The molecule has 4 nitrogen and oxygen atoms in total. The lowest BCUT2D eigenvalue weighted by Gasteiger charge is -2.01. The largest absolute Gasteiger partial charge is 0.311 e. The van der Waals surface area contributed by atoms with Gasteiger partial charge in [-0.1, -0.05) is 0 Å². The first-order valence-corrected chi connectivity index (χ1v) is 4.36. The fourth-order valence-electron chi connectivity index (χ4n) is 1.16. The van der Waals surface area contributed by atoms with Crippen LogP contribution in [-0.4, -0.2) is 15.9 Å². The van der Waals surface area contributed by atoms with Crippen LogP contribution in [0, 0.1) is 0 Å². The number of carbonyl (C=O) groups excluding carboxylic acids is 1. The molecule has 0 aromatic carbocycles. The fourth-order valence-corrected chi connectivity index (χ4v) is 1.16. The number of hydrogen-bond acceptors (Lipinski definition) is 3. The van der Waals surface area contributed by atoms with Crippen molar-refractivity contribution in [2.75, 3.05) is 5.32 Å². The van der Waals surface area contributed by atoms with Crippen molar-refractivity contribution in [3.05, 3.63) is 18.1 Å². The van der Waals surface area contributed by atoms with Crippen LogP contribution in [0.5, 0.6) is 0 Å². The third kappa shape index (κ3) is 2.02. The predicted octanol–water partition coefficient (Wildman–Crippen LogP) is 1.31. The van der Waals surface area contributed by atoms with Gasteiger partial charge in [0.05, 0.1) is 0 Å². The summed E-state index contributed by atoms with van der Waals surface area (Å²) in [4.78, 5) is 19.1. The highest BCUT2D eigenvalue weighted by Crippen LogP contribution is 2.37. The van der Waals surface area contributed by atoms with E-state index in [9.17, 15) is 4.79 Å². The maximum atomic E-state index is 10.7. The minimum atomic E-state index is -0.0968. The van der Waals surface area contributed by atoms with Gasteiger partial charge in [-0.05, 0) is 18.9 Å². The number of carbonyl (C=O) groups is 1. The molecule has 4 heteroatoms. The van der Waals surface area contributed by atoms with Crippen molar-refractivity contribution >= 4 is 11.7 Å². The lowest BCUT2D eigenvalue weighted by atomic mass is 10.4. The molecule has 0 bridgehead atoms. The Morgan fingerprint density at radius 3 is 3.00 bits per heavy atom. The summed E-state index contributed by atoms with van der Waals surface area (Å²) < 4.78 is 0. The molecule has 68 valence electrons. The second kappa shape index (κ2) is 3.12. The Labute approximate surface area is 76.4 Å².